The van der Waals surface area contributed by atoms with Crippen LogP contribution < -0.4 is 10.2 Å². The van der Waals surface area contributed by atoms with E-state index in [0.717, 1.165) is 24.2 Å². The Balaban J connectivity index is 1.78. The zero-order valence-electron chi connectivity index (χ0n) is 11.3. The number of hydrogen-bond donors (Lipinski definition) is 1. The highest BCUT2D eigenvalue weighted by Crippen LogP contribution is 2.36. The van der Waals surface area contributed by atoms with Crippen LogP contribution in [-0.4, -0.2) is 12.5 Å². The first kappa shape index (κ1) is 12.5. The van der Waals surface area contributed by atoms with Crippen LogP contribution in [0.1, 0.15) is 11.1 Å². The van der Waals surface area contributed by atoms with E-state index in [1.54, 1.807) is 6.07 Å². The van der Waals surface area contributed by atoms with Gasteiger partial charge in [-0.3, -0.25) is 4.79 Å². The third-order valence-electron chi connectivity index (χ3n) is 3.97. The van der Waals surface area contributed by atoms with Gasteiger partial charge in [0.15, 0.2) is 0 Å². The van der Waals surface area contributed by atoms with Crippen LogP contribution in [0.5, 0.6) is 0 Å². The Hall–Kier alpha value is -2.26. The minimum atomic E-state index is -0.0725. The minimum Gasteiger partial charge on any atom is -0.347 e. The van der Waals surface area contributed by atoms with E-state index in [0.29, 0.717) is 10.6 Å². The molecule has 0 radical (unpaired) electrons. The van der Waals surface area contributed by atoms with Crippen molar-refractivity contribution in [3.63, 3.8) is 0 Å². The molecule has 4 rings (SSSR count). The van der Waals surface area contributed by atoms with Gasteiger partial charge in [-0.05, 0) is 36.2 Å². The number of carbonyl (C=O) groups excluding carboxylic acids is 1. The van der Waals surface area contributed by atoms with Crippen LogP contribution in [0.25, 0.3) is 5.57 Å². The number of amides is 1. The number of rotatable bonds is 1. The van der Waals surface area contributed by atoms with Crippen molar-refractivity contribution in [1.29, 1.82) is 0 Å². The molecule has 0 bridgehead atoms. The number of carbonyl (C=O) groups is 1. The van der Waals surface area contributed by atoms with E-state index in [1.165, 1.54) is 11.3 Å². The standard InChI is InChI=1S/C17H13ClN2O/c18-12-5-6-15-13(9-12)14(17(21)19-15)10-20-8-7-11-3-1-2-4-16(11)20/h1-6,9-10H,7-8H2,(H,19,21)/b14-10+. The zero-order valence-corrected chi connectivity index (χ0v) is 12.0. The average Bonchev–Trinajstić information content (AvgIpc) is 3.02. The lowest BCUT2D eigenvalue weighted by atomic mass is 10.1. The summed E-state index contributed by atoms with van der Waals surface area (Å²) in [4.78, 5) is 14.3. The van der Waals surface area contributed by atoms with E-state index in [9.17, 15) is 4.79 Å². The molecule has 0 spiro atoms. The summed E-state index contributed by atoms with van der Waals surface area (Å²) in [5.41, 5.74) is 4.86. The largest absolute Gasteiger partial charge is 0.347 e. The van der Waals surface area contributed by atoms with Gasteiger partial charge in [0.2, 0.25) is 0 Å². The van der Waals surface area contributed by atoms with Gasteiger partial charge in [0, 0.05) is 34.7 Å². The molecule has 21 heavy (non-hydrogen) atoms. The lowest BCUT2D eigenvalue weighted by molar-refractivity contribution is -0.110. The van der Waals surface area contributed by atoms with E-state index in [1.807, 2.05) is 30.5 Å². The van der Waals surface area contributed by atoms with Crippen LogP contribution in [-0.2, 0) is 11.2 Å². The molecule has 104 valence electrons. The van der Waals surface area contributed by atoms with E-state index in [4.69, 9.17) is 11.6 Å². The topological polar surface area (TPSA) is 32.3 Å². The van der Waals surface area contributed by atoms with Crippen molar-refractivity contribution in [2.24, 2.45) is 0 Å². The molecule has 0 fully saturated rings. The molecule has 0 saturated carbocycles. The molecule has 0 aliphatic carbocycles. The molecule has 4 heteroatoms. The number of hydrogen-bond acceptors (Lipinski definition) is 2. The lowest BCUT2D eigenvalue weighted by Gasteiger charge is -2.15. The summed E-state index contributed by atoms with van der Waals surface area (Å²) < 4.78 is 0. The molecule has 0 unspecified atom stereocenters. The fraction of sp³-hybridized carbons (Fsp3) is 0.118. The van der Waals surface area contributed by atoms with Crippen LogP contribution in [0, 0.1) is 0 Å². The highest BCUT2D eigenvalue weighted by molar-refractivity contribution is 6.34. The van der Waals surface area contributed by atoms with Crippen LogP contribution in [0.2, 0.25) is 5.02 Å². The van der Waals surface area contributed by atoms with Gasteiger partial charge >= 0.3 is 0 Å². The number of nitrogens with one attached hydrogen (secondary N) is 1. The summed E-state index contributed by atoms with van der Waals surface area (Å²) in [5.74, 6) is -0.0725. The third-order valence-corrected chi connectivity index (χ3v) is 4.21. The lowest BCUT2D eigenvalue weighted by Crippen LogP contribution is -2.15. The van der Waals surface area contributed by atoms with Crippen LogP contribution in [0.15, 0.2) is 48.7 Å². The predicted octanol–water partition coefficient (Wildman–Crippen LogP) is 3.70. The van der Waals surface area contributed by atoms with Gasteiger partial charge in [-0.15, -0.1) is 0 Å². The fourth-order valence-corrected chi connectivity index (χ4v) is 3.11. The number of nitrogens with zero attached hydrogens (tertiary/aromatic N) is 1. The van der Waals surface area contributed by atoms with Crippen LogP contribution >= 0.6 is 11.6 Å². The summed E-state index contributed by atoms with van der Waals surface area (Å²) in [7, 11) is 0. The second-order valence-corrected chi connectivity index (χ2v) is 5.70. The molecule has 2 heterocycles. The normalized spacial score (nSPS) is 17.9. The number of fused-ring (bicyclic) bond motifs is 2. The Morgan fingerprint density at radius 1 is 1.19 bits per heavy atom. The predicted molar refractivity (Wildman–Crippen MR) is 85.6 cm³/mol. The summed E-state index contributed by atoms with van der Waals surface area (Å²) >= 11 is 6.05. The van der Waals surface area contributed by atoms with Gasteiger partial charge in [0.05, 0.1) is 5.57 Å². The number of benzene rings is 2. The van der Waals surface area contributed by atoms with Crippen molar-refractivity contribution < 1.29 is 4.79 Å². The maximum atomic E-state index is 12.2. The van der Waals surface area contributed by atoms with Gasteiger partial charge < -0.3 is 10.2 Å². The van der Waals surface area contributed by atoms with Crippen molar-refractivity contribution in [2.45, 2.75) is 6.42 Å². The Morgan fingerprint density at radius 2 is 2.05 bits per heavy atom. The maximum Gasteiger partial charge on any atom is 0.257 e. The van der Waals surface area contributed by atoms with E-state index < -0.39 is 0 Å². The smallest absolute Gasteiger partial charge is 0.257 e. The van der Waals surface area contributed by atoms with E-state index in [2.05, 4.69) is 22.3 Å². The Bertz CT molecular complexity index is 782. The van der Waals surface area contributed by atoms with Gasteiger partial charge in [-0.2, -0.15) is 0 Å². The van der Waals surface area contributed by atoms with Crippen LogP contribution in [0.4, 0.5) is 11.4 Å². The highest BCUT2D eigenvalue weighted by atomic mass is 35.5. The van der Waals surface area contributed by atoms with E-state index >= 15 is 0 Å². The fourth-order valence-electron chi connectivity index (χ4n) is 2.94. The summed E-state index contributed by atoms with van der Waals surface area (Å²) in [6.07, 6.45) is 2.94. The van der Waals surface area contributed by atoms with Gasteiger partial charge in [0.25, 0.3) is 5.91 Å². The summed E-state index contributed by atoms with van der Waals surface area (Å²) in [6, 6.07) is 13.8. The molecule has 0 atom stereocenters. The average molecular weight is 297 g/mol. The van der Waals surface area contributed by atoms with Crippen LogP contribution in [0.3, 0.4) is 0 Å². The molecular weight excluding hydrogens is 284 g/mol. The second kappa shape index (κ2) is 4.64. The van der Waals surface area contributed by atoms with Gasteiger partial charge in [0.1, 0.15) is 0 Å². The Labute approximate surface area is 127 Å². The van der Waals surface area contributed by atoms with Gasteiger partial charge in [-0.25, -0.2) is 0 Å². The molecule has 2 aromatic rings. The highest BCUT2D eigenvalue weighted by Gasteiger charge is 2.26. The molecule has 3 nitrogen and oxygen atoms in total. The molecule has 0 saturated heterocycles. The maximum absolute atomic E-state index is 12.2. The molecule has 0 aromatic heterocycles. The Kier molecular flexibility index (Phi) is 2.76. The third kappa shape index (κ3) is 2.01. The second-order valence-electron chi connectivity index (χ2n) is 5.26. The van der Waals surface area contributed by atoms with E-state index in [-0.39, 0.29) is 5.91 Å². The van der Waals surface area contributed by atoms with Crippen molar-refractivity contribution in [1.82, 2.24) is 0 Å². The molecule has 2 aliphatic heterocycles. The number of halogens is 1. The van der Waals surface area contributed by atoms with Crippen molar-refractivity contribution in [3.05, 3.63) is 64.8 Å². The van der Waals surface area contributed by atoms with Gasteiger partial charge in [-0.1, -0.05) is 29.8 Å². The van der Waals surface area contributed by atoms with Crippen molar-refractivity contribution in [2.75, 3.05) is 16.8 Å². The molecule has 1 N–H and O–H groups in total. The zero-order chi connectivity index (χ0) is 14.4. The first-order valence-electron chi connectivity index (χ1n) is 6.90. The molecular formula is C17H13ClN2O. The molecule has 1 amide bonds. The summed E-state index contributed by atoms with van der Waals surface area (Å²) in [5, 5.41) is 3.52. The van der Waals surface area contributed by atoms with Crippen molar-refractivity contribution in [3.8, 4) is 0 Å². The monoisotopic (exact) mass is 296 g/mol. The minimum absolute atomic E-state index is 0.0725. The Morgan fingerprint density at radius 3 is 2.95 bits per heavy atom. The first-order chi connectivity index (χ1) is 10.2. The SMILES string of the molecule is O=C1Nc2ccc(Cl)cc2/C1=C\N1CCc2ccccc21. The number of para-hydroxylation sites is 1. The molecule has 2 aromatic carbocycles. The first-order valence-corrected chi connectivity index (χ1v) is 7.28. The summed E-state index contributed by atoms with van der Waals surface area (Å²) in [6.45, 7) is 0.895. The quantitative estimate of drug-likeness (QED) is 0.814. The van der Waals surface area contributed by atoms with Crippen molar-refractivity contribution >= 4 is 34.5 Å². The number of anilines is 2. The molecule has 2 aliphatic rings.